The van der Waals surface area contributed by atoms with Gasteiger partial charge in [-0.2, -0.15) is 0 Å². The number of ether oxygens (including phenoxy) is 1. The van der Waals surface area contributed by atoms with Gasteiger partial charge in [-0.3, -0.25) is 4.79 Å². The van der Waals surface area contributed by atoms with E-state index in [0.29, 0.717) is 26.9 Å². The lowest BCUT2D eigenvalue weighted by Crippen LogP contribution is -2.08. The number of carbonyl (C=O) groups excluding carboxylic acids is 1. The van der Waals surface area contributed by atoms with Crippen molar-refractivity contribution in [2.45, 2.75) is 6.92 Å². The second-order valence-corrected chi connectivity index (χ2v) is 5.83. The molecule has 0 spiro atoms. The number of thiazole rings is 1. The molecule has 114 valence electrons. The standard InChI is InChI=1S/C15H14N2O3S2/c1-8-13(22-15(17-8)14(16)21)10(18)7-6-9-4-3-5-11(20-2)12(9)19/h3-7,19H,1-2H3,(H2,16,21)/b7-6-. The fourth-order valence-corrected chi connectivity index (χ4v) is 2.82. The number of methoxy groups -OCH3 is 1. The van der Waals surface area contributed by atoms with Gasteiger partial charge in [0, 0.05) is 5.56 Å². The Morgan fingerprint density at radius 3 is 2.82 bits per heavy atom. The van der Waals surface area contributed by atoms with E-state index >= 15 is 0 Å². The molecule has 2 rings (SSSR count). The van der Waals surface area contributed by atoms with Crippen LogP contribution in [-0.4, -0.2) is 28.0 Å². The zero-order valence-corrected chi connectivity index (χ0v) is 13.6. The third kappa shape index (κ3) is 3.32. The Balaban J connectivity index is 2.27. The van der Waals surface area contributed by atoms with Crippen molar-refractivity contribution in [3.63, 3.8) is 0 Å². The number of hydrogen-bond acceptors (Lipinski definition) is 6. The third-order valence-corrected chi connectivity index (χ3v) is 4.42. The van der Waals surface area contributed by atoms with Crippen molar-refractivity contribution >= 4 is 40.4 Å². The van der Waals surface area contributed by atoms with Gasteiger partial charge in [0.05, 0.1) is 17.7 Å². The summed E-state index contributed by atoms with van der Waals surface area (Å²) >= 11 is 6.01. The van der Waals surface area contributed by atoms with Crippen molar-refractivity contribution < 1.29 is 14.6 Å². The van der Waals surface area contributed by atoms with Crippen LogP contribution in [0.15, 0.2) is 24.3 Å². The minimum atomic E-state index is -0.222. The van der Waals surface area contributed by atoms with Gasteiger partial charge in [-0.1, -0.05) is 24.4 Å². The number of phenols is 1. The van der Waals surface area contributed by atoms with Crippen molar-refractivity contribution in [2.24, 2.45) is 5.73 Å². The predicted molar refractivity (Wildman–Crippen MR) is 90.8 cm³/mol. The second-order valence-electron chi connectivity index (χ2n) is 4.39. The van der Waals surface area contributed by atoms with E-state index in [-0.39, 0.29) is 16.5 Å². The van der Waals surface area contributed by atoms with Crippen LogP contribution in [-0.2, 0) is 0 Å². The first kappa shape index (κ1) is 16.1. The summed E-state index contributed by atoms with van der Waals surface area (Å²) in [5, 5.41) is 10.4. The van der Waals surface area contributed by atoms with E-state index < -0.39 is 0 Å². The van der Waals surface area contributed by atoms with Gasteiger partial charge in [-0.15, -0.1) is 11.3 Å². The van der Waals surface area contributed by atoms with Gasteiger partial charge in [-0.05, 0) is 25.1 Å². The molecule has 1 aromatic carbocycles. The Kier molecular flexibility index (Phi) is 4.89. The highest BCUT2D eigenvalue weighted by Gasteiger charge is 2.14. The molecular formula is C15H14N2O3S2. The summed E-state index contributed by atoms with van der Waals surface area (Å²) in [7, 11) is 1.46. The van der Waals surface area contributed by atoms with Gasteiger partial charge >= 0.3 is 0 Å². The van der Waals surface area contributed by atoms with E-state index in [4.69, 9.17) is 22.7 Å². The fraction of sp³-hybridized carbons (Fsp3) is 0.133. The van der Waals surface area contributed by atoms with Gasteiger partial charge in [0.25, 0.3) is 0 Å². The number of benzene rings is 1. The molecule has 0 saturated heterocycles. The molecule has 0 aliphatic rings. The number of aromatic nitrogens is 1. The fourth-order valence-electron chi connectivity index (χ4n) is 1.81. The normalized spacial score (nSPS) is 10.8. The SMILES string of the molecule is COc1cccc(/C=C\C(=O)c2sc(C(N)=S)nc2C)c1O. The summed E-state index contributed by atoms with van der Waals surface area (Å²) in [4.78, 5) is 17.0. The number of phenolic OH excluding ortho intramolecular Hbond substituents is 1. The number of carbonyl (C=O) groups is 1. The molecule has 1 heterocycles. The number of aromatic hydroxyl groups is 1. The lowest BCUT2D eigenvalue weighted by molar-refractivity contribution is 0.105. The predicted octanol–water partition coefficient (Wildman–Crippen LogP) is 2.70. The smallest absolute Gasteiger partial charge is 0.197 e. The molecule has 0 unspecified atom stereocenters. The zero-order valence-electron chi connectivity index (χ0n) is 12.0. The van der Waals surface area contributed by atoms with Crippen LogP contribution in [0.2, 0.25) is 0 Å². The summed E-state index contributed by atoms with van der Waals surface area (Å²) in [6.45, 7) is 1.72. The molecule has 0 atom stereocenters. The van der Waals surface area contributed by atoms with Crippen molar-refractivity contribution in [3.05, 3.63) is 45.4 Å². The maximum absolute atomic E-state index is 12.2. The molecular weight excluding hydrogens is 320 g/mol. The van der Waals surface area contributed by atoms with Crippen LogP contribution in [0.4, 0.5) is 0 Å². The zero-order chi connectivity index (χ0) is 16.3. The third-order valence-electron chi connectivity index (χ3n) is 2.90. The Morgan fingerprint density at radius 1 is 1.50 bits per heavy atom. The highest BCUT2D eigenvalue weighted by Crippen LogP contribution is 2.30. The van der Waals surface area contributed by atoms with E-state index in [1.807, 2.05) is 0 Å². The molecule has 0 saturated carbocycles. The number of hydrogen-bond donors (Lipinski definition) is 2. The van der Waals surface area contributed by atoms with Crippen LogP contribution in [0, 0.1) is 6.92 Å². The number of para-hydroxylation sites is 1. The molecule has 0 bridgehead atoms. The number of nitrogens with two attached hydrogens (primary N) is 1. The number of rotatable bonds is 5. The molecule has 7 heteroatoms. The van der Waals surface area contributed by atoms with Crippen LogP contribution in [0.25, 0.3) is 6.08 Å². The molecule has 1 aromatic heterocycles. The Labute approximate surface area is 137 Å². The maximum Gasteiger partial charge on any atom is 0.197 e. The first-order chi connectivity index (χ1) is 10.4. The molecule has 22 heavy (non-hydrogen) atoms. The van der Waals surface area contributed by atoms with Crippen LogP contribution >= 0.6 is 23.6 Å². The van der Waals surface area contributed by atoms with Crippen molar-refractivity contribution in [3.8, 4) is 11.5 Å². The quantitative estimate of drug-likeness (QED) is 0.497. The van der Waals surface area contributed by atoms with Crippen LogP contribution in [0.5, 0.6) is 11.5 Å². The van der Waals surface area contributed by atoms with Crippen LogP contribution < -0.4 is 10.5 Å². The lowest BCUT2D eigenvalue weighted by Gasteiger charge is -2.04. The minimum absolute atomic E-state index is 0.0149. The van der Waals surface area contributed by atoms with Crippen LogP contribution in [0.3, 0.4) is 0 Å². The Bertz CT molecular complexity index is 766. The maximum atomic E-state index is 12.2. The van der Waals surface area contributed by atoms with E-state index in [9.17, 15) is 9.90 Å². The van der Waals surface area contributed by atoms with E-state index in [1.54, 1.807) is 25.1 Å². The van der Waals surface area contributed by atoms with Crippen LogP contribution in [0.1, 0.15) is 25.9 Å². The van der Waals surface area contributed by atoms with Gasteiger partial charge in [0.1, 0.15) is 4.99 Å². The minimum Gasteiger partial charge on any atom is -0.504 e. The number of nitrogens with zero attached hydrogens (tertiary/aromatic N) is 1. The number of aryl methyl sites for hydroxylation is 1. The lowest BCUT2D eigenvalue weighted by atomic mass is 10.1. The van der Waals surface area contributed by atoms with Crippen molar-refractivity contribution in [1.82, 2.24) is 4.98 Å². The average Bonchev–Trinajstić information content (AvgIpc) is 2.88. The molecule has 0 radical (unpaired) electrons. The van der Waals surface area contributed by atoms with E-state index in [2.05, 4.69) is 4.98 Å². The first-order valence-corrected chi connectivity index (χ1v) is 7.52. The summed E-state index contributed by atoms with van der Waals surface area (Å²) in [6, 6.07) is 5.05. The molecule has 2 aromatic rings. The van der Waals surface area contributed by atoms with Gasteiger partial charge in [-0.25, -0.2) is 4.98 Å². The summed E-state index contributed by atoms with van der Waals surface area (Å²) in [5.41, 5.74) is 6.59. The number of thiocarbonyl (C=S) groups is 1. The molecule has 3 N–H and O–H groups in total. The second kappa shape index (κ2) is 6.67. The largest absolute Gasteiger partial charge is 0.504 e. The Morgan fingerprint density at radius 2 is 2.23 bits per heavy atom. The molecule has 5 nitrogen and oxygen atoms in total. The highest BCUT2D eigenvalue weighted by molar-refractivity contribution is 7.81. The molecule has 0 fully saturated rings. The van der Waals surface area contributed by atoms with Crippen molar-refractivity contribution in [1.29, 1.82) is 0 Å². The summed E-state index contributed by atoms with van der Waals surface area (Å²) in [5.74, 6) is 0.109. The summed E-state index contributed by atoms with van der Waals surface area (Å²) in [6.07, 6.45) is 2.90. The first-order valence-electron chi connectivity index (χ1n) is 6.29. The topological polar surface area (TPSA) is 85.4 Å². The van der Waals surface area contributed by atoms with Gasteiger partial charge in [0.15, 0.2) is 22.3 Å². The van der Waals surface area contributed by atoms with E-state index in [1.165, 1.54) is 19.3 Å². The van der Waals surface area contributed by atoms with E-state index in [0.717, 1.165) is 11.3 Å². The molecule has 0 aliphatic heterocycles. The molecule has 0 aliphatic carbocycles. The van der Waals surface area contributed by atoms with Gasteiger partial charge < -0.3 is 15.6 Å². The Hall–Kier alpha value is -2.25. The summed E-state index contributed by atoms with van der Waals surface area (Å²) < 4.78 is 5.02. The van der Waals surface area contributed by atoms with Gasteiger partial charge in [0.2, 0.25) is 0 Å². The van der Waals surface area contributed by atoms with Crippen molar-refractivity contribution in [2.75, 3.05) is 7.11 Å². The molecule has 0 amide bonds. The monoisotopic (exact) mass is 334 g/mol. The number of allylic oxidation sites excluding steroid dienone is 1. The highest BCUT2D eigenvalue weighted by atomic mass is 32.1. The number of ketones is 1. The average molecular weight is 334 g/mol.